The fourth-order valence-corrected chi connectivity index (χ4v) is 2.82. The molecule has 0 radical (unpaired) electrons. The lowest BCUT2D eigenvalue weighted by atomic mass is 9.99. The van der Waals surface area contributed by atoms with Gasteiger partial charge >= 0.3 is 0 Å². The van der Waals surface area contributed by atoms with Crippen molar-refractivity contribution in [3.05, 3.63) is 35.4 Å². The lowest BCUT2D eigenvalue weighted by Gasteiger charge is -2.20. The lowest BCUT2D eigenvalue weighted by molar-refractivity contribution is 0.0927. The predicted molar refractivity (Wildman–Crippen MR) is 83.9 cm³/mol. The van der Waals surface area contributed by atoms with E-state index < -0.39 is 0 Å². The Labute approximate surface area is 126 Å². The zero-order chi connectivity index (χ0) is 15.1. The van der Waals surface area contributed by atoms with Crippen molar-refractivity contribution < 1.29 is 9.90 Å². The van der Waals surface area contributed by atoms with Gasteiger partial charge in [-0.15, -0.1) is 0 Å². The van der Waals surface area contributed by atoms with Crippen molar-refractivity contribution in [2.75, 3.05) is 6.61 Å². The second-order valence-corrected chi connectivity index (χ2v) is 5.66. The fraction of sp³-hybridized carbons (Fsp3) is 0.500. The fourth-order valence-electron chi connectivity index (χ4n) is 2.82. The van der Waals surface area contributed by atoms with Crippen LogP contribution in [0.3, 0.4) is 0 Å². The minimum absolute atomic E-state index is 0.0276. The summed E-state index contributed by atoms with van der Waals surface area (Å²) in [5, 5.41) is 11.8. The highest BCUT2D eigenvalue weighted by Gasteiger charge is 2.23. The third-order valence-electron chi connectivity index (χ3n) is 4.06. The van der Waals surface area contributed by atoms with Crippen LogP contribution in [-0.2, 0) is 0 Å². The molecular formula is C18H23NO2. The summed E-state index contributed by atoms with van der Waals surface area (Å²) in [6, 6.07) is 7.57. The molecule has 2 N–H and O–H groups in total. The van der Waals surface area contributed by atoms with Crippen molar-refractivity contribution >= 4 is 5.91 Å². The Morgan fingerprint density at radius 2 is 2.19 bits per heavy atom. The third-order valence-corrected chi connectivity index (χ3v) is 4.06. The maximum Gasteiger partial charge on any atom is 0.251 e. The Morgan fingerprint density at radius 1 is 1.43 bits per heavy atom. The molecule has 112 valence electrons. The summed E-state index contributed by atoms with van der Waals surface area (Å²) in [4.78, 5) is 12.3. The molecule has 0 heterocycles. The number of aliphatic hydroxyl groups excluding tert-OH is 1. The smallest absolute Gasteiger partial charge is 0.251 e. The molecule has 3 heteroatoms. The summed E-state index contributed by atoms with van der Waals surface area (Å²) in [7, 11) is 0. The largest absolute Gasteiger partial charge is 0.395 e. The first-order valence-electron chi connectivity index (χ1n) is 7.71. The van der Waals surface area contributed by atoms with Gasteiger partial charge in [-0.05, 0) is 43.9 Å². The predicted octanol–water partition coefficient (Wildman–Crippen LogP) is 2.73. The van der Waals surface area contributed by atoms with Gasteiger partial charge in [0.15, 0.2) is 0 Å². The zero-order valence-corrected chi connectivity index (χ0v) is 12.6. The van der Waals surface area contributed by atoms with E-state index in [1.807, 2.05) is 18.2 Å². The van der Waals surface area contributed by atoms with Gasteiger partial charge in [0, 0.05) is 23.6 Å². The van der Waals surface area contributed by atoms with E-state index in [-0.39, 0.29) is 18.6 Å². The molecule has 1 saturated carbocycles. The molecule has 1 aliphatic carbocycles. The molecule has 1 amide bonds. The minimum Gasteiger partial charge on any atom is -0.395 e. The van der Waals surface area contributed by atoms with E-state index in [2.05, 4.69) is 24.1 Å². The van der Waals surface area contributed by atoms with Crippen molar-refractivity contribution in [2.24, 2.45) is 5.92 Å². The molecule has 0 saturated heterocycles. The number of hydrogen-bond acceptors (Lipinski definition) is 2. The first kappa shape index (κ1) is 15.6. The molecule has 0 spiro atoms. The van der Waals surface area contributed by atoms with Gasteiger partial charge in [-0.3, -0.25) is 4.79 Å². The van der Waals surface area contributed by atoms with Crippen LogP contribution in [0.25, 0.3) is 0 Å². The summed E-state index contributed by atoms with van der Waals surface area (Å²) in [5.74, 6) is 6.42. The number of aliphatic hydroxyl groups is 1. The van der Waals surface area contributed by atoms with Crippen LogP contribution in [0.1, 0.15) is 54.9 Å². The van der Waals surface area contributed by atoms with Crippen molar-refractivity contribution in [1.82, 2.24) is 5.32 Å². The SMILES string of the molecule is CC(NC(=O)c1cccc(C#CCCO)c1)C1CCCC1. The highest BCUT2D eigenvalue weighted by atomic mass is 16.2. The number of nitrogens with one attached hydrogen (secondary N) is 1. The highest BCUT2D eigenvalue weighted by Crippen LogP contribution is 2.27. The molecule has 1 fully saturated rings. The maximum atomic E-state index is 12.3. The minimum atomic E-state index is -0.0276. The molecular weight excluding hydrogens is 262 g/mol. The van der Waals surface area contributed by atoms with Gasteiger partial charge in [-0.2, -0.15) is 0 Å². The average molecular weight is 285 g/mol. The van der Waals surface area contributed by atoms with Crippen LogP contribution in [-0.4, -0.2) is 23.7 Å². The molecule has 21 heavy (non-hydrogen) atoms. The second-order valence-electron chi connectivity index (χ2n) is 5.66. The van der Waals surface area contributed by atoms with Crippen LogP contribution < -0.4 is 5.32 Å². The molecule has 1 atom stereocenters. The quantitative estimate of drug-likeness (QED) is 0.836. The van der Waals surface area contributed by atoms with Crippen molar-refractivity contribution in [3.63, 3.8) is 0 Å². The van der Waals surface area contributed by atoms with Crippen LogP contribution in [0.5, 0.6) is 0 Å². The van der Waals surface area contributed by atoms with Gasteiger partial charge in [0.25, 0.3) is 5.91 Å². The van der Waals surface area contributed by atoms with Crippen molar-refractivity contribution in [3.8, 4) is 11.8 Å². The molecule has 0 aromatic heterocycles. The van der Waals surface area contributed by atoms with E-state index in [4.69, 9.17) is 5.11 Å². The van der Waals surface area contributed by atoms with Gasteiger partial charge in [-0.1, -0.05) is 30.7 Å². The van der Waals surface area contributed by atoms with E-state index in [9.17, 15) is 4.79 Å². The number of amides is 1. The molecule has 2 rings (SSSR count). The summed E-state index contributed by atoms with van der Waals surface area (Å²) in [6.07, 6.45) is 5.44. The Balaban J connectivity index is 1.98. The van der Waals surface area contributed by atoms with Crippen LogP contribution in [0, 0.1) is 17.8 Å². The van der Waals surface area contributed by atoms with E-state index in [1.165, 1.54) is 25.7 Å². The van der Waals surface area contributed by atoms with E-state index in [1.54, 1.807) is 6.07 Å². The number of carbonyl (C=O) groups is 1. The van der Waals surface area contributed by atoms with Crippen LogP contribution >= 0.6 is 0 Å². The van der Waals surface area contributed by atoms with Crippen molar-refractivity contribution in [2.45, 2.75) is 45.1 Å². The van der Waals surface area contributed by atoms with Gasteiger partial charge in [0.2, 0.25) is 0 Å². The molecule has 0 bridgehead atoms. The van der Waals surface area contributed by atoms with Crippen LogP contribution in [0.2, 0.25) is 0 Å². The number of rotatable bonds is 4. The topological polar surface area (TPSA) is 49.3 Å². The summed E-state index contributed by atoms with van der Waals surface area (Å²) in [6.45, 7) is 2.16. The normalized spacial score (nSPS) is 16.1. The second kappa shape index (κ2) is 7.85. The molecule has 1 unspecified atom stereocenters. The summed E-state index contributed by atoms with van der Waals surface area (Å²) < 4.78 is 0. The zero-order valence-electron chi connectivity index (χ0n) is 12.6. The molecule has 1 aromatic rings. The Morgan fingerprint density at radius 3 is 2.90 bits per heavy atom. The van der Waals surface area contributed by atoms with E-state index >= 15 is 0 Å². The molecule has 0 aliphatic heterocycles. The molecule has 1 aromatic carbocycles. The summed E-state index contributed by atoms with van der Waals surface area (Å²) in [5.41, 5.74) is 1.46. The van der Waals surface area contributed by atoms with E-state index in [0.717, 1.165) is 5.56 Å². The first-order valence-corrected chi connectivity index (χ1v) is 7.71. The highest BCUT2D eigenvalue weighted by molar-refractivity contribution is 5.94. The third kappa shape index (κ3) is 4.61. The average Bonchev–Trinajstić information content (AvgIpc) is 3.02. The summed E-state index contributed by atoms with van der Waals surface area (Å²) >= 11 is 0. The number of benzene rings is 1. The van der Waals surface area contributed by atoms with Gasteiger partial charge < -0.3 is 10.4 Å². The Hall–Kier alpha value is -1.79. The standard InChI is InChI=1S/C18H23NO2/c1-14(16-9-2-3-10-16)19-18(21)17-11-6-8-15(13-17)7-4-5-12-20/h6,8,11,13-14,16,20H,2-3,5,9-10,12H2,1H3,(H,19,21). The van der Waals surface area contributed by atoms with Gasteiger partial charge in [0.1, 0.15) is 0 Å². The first-order chi connectivity index (χ1) is 10.2. The van der Waals surface area contributed by atoms with Crippen LogP contribution in [0.4, 0.5) is 0 Å². The number of hydrogen-bond donors (Lipinski definition) is 2. The molecule has 3 nitrogen and oxygen atoms in total. The molecule has 1 aliphatic rings. The van der Waals surface area contributed by atoms with Gasteiger partial charge in [-0.25, -0.2) is 0 Å². The van der Waals surface area contributed by atoms with Crippen LogP contribution in [0.15, 0.2) is 24.3 Å². The Bertz CT molecular complexity index is 536. The maximum absolute atomic E-state index is 12.3. The van der Waals surface area contributed by atoms with E-state index in [0.29, 0.717) is 17.9 Å². The monoisotopic (exact) mass is 285 g/mol. The number of carbonyl (C=O) groups excluding carboxylic acids is 1. The van der Waals surface area contributed by atoms with Crippen molar-refractivity contribution in [1.29, 1.82) is 0 Å². The van der Waals surface area contributed by atoms with Gasteiger partial charge in [0.05, 0.1) is 6.61 Å². The lowest BCUT2D eigenvalue weighted by Crippen LogP contribution is -2.37. The Kier molecular flexibility index (Phi) is 5.83.